The molecule has 0 radical (unpaired) electrons. The number of likely N-dealkylation sites (N-methyl/N-ethyl adjacent to an activating group) is 1. The lowest BCUT2D eigenvalue weighted by molar-refractivity contribution is -0.137. The van der Waals surface area contributed by atoms with E-state index in [2.05, 4.69) is 5.32 Å². The number of nitrogens with two attached hydrogens (primary N) is 1. The van der Waals surface area contributed by atoms with Crippen molar-refractivity contribution in [1.29, 1.82) is 0 Å². The number of nitrogens with zero attached hydrogens (tertiary/aromatic N) is 1. The molecule has 1 atom stereocenters. The molecule has 0 aliphatic carbocycles. The number of nitrogens with one attached hydrogen (secondary N) is 1. The lowest BCUT2D eigenvalue weighted by Crippen LogP contribution is -2.49. The molecule has 0 aliphatic heterocycles. The molecular weight excluding hydrogens is 206 g/mol. The van der Waals surface area contributed by atoms with Gasteiger partial charge in [-0.2, -0.15) is 0 Å². The monoisotopic (exact) mass is 229 g/mol. The second-order valence-electron chi connectivity index (χ2n) is 4.20. The average molecular weight is 229 g/mol. The van der Waals surface area contributed by atoms with Gasteiger partial charge < -0.3 is 16.0 Å². The van der Waals surface area contributed by atoms with Crippen LogP contribution in [0.15, 0.2) is 0 Å². The Morgan fingerprint density at radius 2 is 1.94 bits per heavy atom. The van der Waals surface area contributed by atoms with Crippen LogP contribution >= 0.6 is 0 Å². The van der Waals surface area contributed by atoms with E-state index in [4.69, 9.17) is 5.73 Å². The standard InChI is InChI=1S/C11H23N3O2/c1-5-6-14(7-9(15)13-4)11(16)10(12)8(2)3/h8,10H,5-7,12H2,1-4H3,(H,13,15)/t10-/m0/s1. The summed E-state index contributed by atoms with van der Waals surface area (Å²) in [4.78, 5) is 24.7. The molecule has 0 bridgehead atoms. The first-order valence-corrected chi connectivity index (χ1v) is 5.69. The van der Waals surface area contributed by atoms with Crippen LogP contribution in [0.2, 0.25) is 0 Å². The first-order chi connectivity index (χ1) is 7.43. The largest absolute Gasteiger partial charge is 0.358 e. The van der Waals surface area contributed by atoms with Crippen molar-refractivity contribution in [3.63, 3.8) is 0 Å². The summed E-state index contributed by atoms with van der Waals surface area (Å²) in [6.07, 6.45) is 0.813. The molecule has 3 N–H and O–H groups in total. The highest BCUT2D eigenvalue weighted by atomic mass is 16.2. The summed E-state index contributed by atoms with van der Waals surface area (Å²) in [5.41, 5.74) is 5.79. The molecule has 5 heteroatoms. The minimum Gasteiger partial charge on any atom is -0.358 e. The van der Waals surface area contributed by atoms with E-state index in [1.165, 1.54) is 4.90 Å². The van der Waals surface area contributed by atoms with Gasteiger partial charge in [-0.1, -0.05) is 20.8 Å². The molecule has 0 aromatic carbocycles. The third-order valence-corrected chi connectivity index (χ3v) is 2.42. The number of hydrogen-bond acceptors (Lipinski definition) is 3. The average Bonchev–Trinajstić information content (AvgIpc) is 2.26. The zero-order valence-electron chi connectivity index (χ0n) is 10.6. The smallest absolute Gasteiger partial charge is 0.240 e. The second-order valence-corrected chi connectivity index (χ2v) is 4.20. The molecule has 0 aliphatic rings. The van der Waals surface area contributed by atoms with Crippen LogP contribution in [0.4, 0.5) is 0 Å². The molecule has 0 rings (SSSR count). The van der Waals surface area contributed by atoms with E-state index in [9.17, 15) is 9.59 Å². The highest BCUT2D eigenvalue weighted by Gasteiger charge is 2.24. The van der Waals surface area contributed by atoms with Gasteiger partial charge in [0.1, 0.15) is 0 Å². The summed E-state index contributed by atoms with van der Waals surface area (Å²) in [5.74, 6) is -0.241. The van der Waals surface area contributed by atoms with E-state index in [-0.39, 0.29) is 24.3 Å². The topological polar surface area (TPSA) is 75.4 Å². The zero-order valence-corrected chi connectivity index (χ0v) is 10.6. The third-order valence-electron chi connectivity index (χ3n) is 2.42. The molecule has 0 aromatic heterocycles. The molecule has 0 unspecified atom stereocenters. The summed E-state index contributed by atoms with van der Waals surface area (Å²) >= 11 is 0. The van der Waals surface area contributed by atoms with E-state index in [1.807, 2.05) is 20.8 Å². The van der Waals surface area contributed by atoms with Crippen LogP contribution in [0.3, 0.4) is 0 Å². The van der Waals surface area contributed by atoms with Crippen LogP contribution in [0.25, 0.3) is 0 Å². The Balaban J connectivity index is 4.51. The lowest BCUT2D eigenvalue weighted by atomic mass is 10.0. The Hall–Kier alpha value is -1.10. The van der Waals surface area contributed by atoms with Crippen LogP contribution in [-0.2, 0) is 9.59 Å². The third kappa shape index (κ3) is 4.61. The maximum atomic E-state index is 11.9. The Bertz CT molecular complexity index is 241. The molecule has 16 heavy (non-hydrogen) atoms. The number of hydrogen-bond donors (Lipinski definition) is 2. The van der Waals surface area contributed by atoms with Gasteiger partial charge in [0, 0.05) is 13.6 Å². The van der Waals surface area contributed by atoms with Crippen LogP contribution in [0.1, 0.15) is 27.2 Å². The highest BCUT2D eigenvalue weighted by Crippen LogP contribution is 2.04. The van der Waals surface area contributed by atoms with Crippen molar-refractivity contribution >= 4 is 11.8 Å². The first-order valence-electron chi connectivity index (χ1n) is 5.69. The summed E-state index contributed by atoms with van der Waals surface area (Å²) in [6.45, 7) is 6.40. The van der Waals surface area contributed by atoms with Gasteiger partial charge in [-0.25, -0.2) is 0 Å². The predicted molar refractivity (Wildman–Crippen MR) is 63.8 cm³/mol. The van der Waals surface area contributed by atoms with Gasteiger partial charge in [-0.15, -0.1) is 0 Å². The van der Waals surface area contributed by atoms with Gasteiger partial charge in [-0.3, -0.25) is 9.59 Å². The van der Waals surface area contributed by atoms with E-state index in [0.29, 0.717) is 6.54 Å². The van der Waals surface area contributed by atoms with Crippen molar-refractivity contribution in [3.8, 4) is 0 Å². The summed E-state index contributed by atoms with van der Waals surface area (Å²) in [7, 11) is 1.55. The minimum atomic E-state index is -0.531. The van der Waals surface area contributed by atoms with Crippen molar-refractivity contribution in [2.45, 2.75) is 33.2 Å². The number of carbonyl (C=O) groups excluding carboxylic acids is 2. The number of carbonyl (C=O) groups is 2. The summed E-state index contributed by atoms with van der Waals surface area (Å²) in [6, 6.07) is -0.531. The maximum absolute atomic E-state index is 11.9. The van der Waals surface area contributed by atoms with Gasteiger partial charge >= 0.3 is 0 Å². The van der Waals surface area contributed by atoms with Crippen molar-refractivity contribution in [2.75, 3.05) is 20.1 Å². The van der Waals surface area contributed by atoms with E-state index >= 15 is 0 Å². The summed E-state index contributed by atoms with van der Waals surface area (Å²) < 4.78 is 0. The molecule has 0 saturated heterocycles. The van der Waals surface area contributed by atoms with Gasteiger partial charge in [0.2, 0.25) is 11.8 Å². The molecule has 0 aromatic rings. The fraction of sp³-hybridized carbons (Fsp3) is 0.818. The normalized spacial score (nSPS) is 12.4. The Labute approximate surface area is 97.4 Å². The van der Waals surface area contributed by atoms with Gasteiger partial charge in [-0.05, 0) is 12.3 Å². The molecule has 0 heterocycles. The zero-order chi connectivity index (χ0) is 12.7. The SMILES string of the molecule is CCCN(CC(=O)NC)C(=O)[C@@H](N)C(C)C. The van der Waals surface area contributed by atoms with Crippen LogP contribution < -0.4 is 11.1 Å². The Morgan fingerprint density at radius 3 is 2.31 bits per heavy atom. The fourth-order valence-electron chi connectivity index (χ4n) is 1.29. The van der Waals surface area contributed by atoms with Crippen molar-refractivity contribution in [3.05, 3.63) is 0 Å². The molecular formula is C11H23N3O2. The molecule has 5 nitrogen and oxygen atoms in total. The number of rotatable bonds is 6. The van der Waals surface area contributed by atoms with E-state index < -0.39 is 6.04 Å². The lowest BCUT2D eigenvalue weighted by Gasteiger charge is -2.26. The van der Waals surface area contributed by atoms with Gasteiger partial charge in [0.15, 0.2) is 0 Å². The molecule has 0 spiro atoms. The molecule has 2 amide bonds. The van der Waals surface area contributed by atoms with Gasteiger partial charge in [0.05, 0.1) is 12.6 Å². The minimum absolute atomic E-state index is 0.0801. The Kier molecular flexibility index (Phi) is 6.72. The highest BCUT2D eigenvalue weighted by molar-refractivity contribution is 5.87. The van der Waals surface area contributed by atoms with Gasteiger partial charge in [0.25, 0.3) is 0 Å². The quantitative estimate of drug-likeness (QED) is 0.671. The number of amides is 2. The van der Waals surface area contributed by atoms with Crippen molar-refractivity contribution < 1.29 is 9.59 Å². The Morgan fingerprint density at radius 1 is 1.38 bits per heavy atom. The maximum Gasteiger partial charge on any atom is 0.240 e. The molecule has 0 saturated carbocycles. The van der Waals surface area contributed by atoms with E-state index in [1.54, 1.807) is 7.05 Å². The van der Waals surface area contributed by atoms with E-state index in [0.717, 1.165) is 6.42 Å². The predicted octanol–water partition coefficient (Wildman–Crippen LogP) is -0.0457. The summed E-state index contributed by atoms with van der Waals surface area (Å²) in [5, 5.41) is 2.50. The fourth-order valence-corrected chi connectivity index (χ4v) is 1.29. The molecule has 94 valence electrons. The second kappa shape index (κ2) is 7.22. The first kappa shape index (κ1) is 14.9. The van der Waals surface area contributed by atoms with Crippen molar-refractivity contribution in [1.82, 2.24) is 10.2 Å². The van der Waals surface area contributed by atoms with Crippen LogP contribution in [-0.4, -0.2) is 42.9 Å². The van der Waals surface area contributed by atoms with Crippen LogP contribution in [0.5, 0.6) is 0 Å². The van der Waals surface area contributed by atoms with Crippen LogP contribution in [0, 0.1) is 5.92 Å². The van der Waals surface area contributed by atoms with Crippen molar-refractivity contribution in [2.24, 2.45) is 11.7 Å². The molecule has 0 fully saturated rings.